The Kier molecular flexibility index (Phi) is 4.55. The highest BCUT2D eigenvalue weighted by Gasteiger charge is 2.19. The highest BCUT2D eigenvalue weighted by atomic mass is 16.3. The predicted octanol–water partition coefficient (Wildman–Crippen LogP) is 1.61. The van der Waals surface area contributed by atoms with Gasteiger partial charge in [-0.3, -0.25) is 4.79 Å². The Balaban J connectivity index is 2.47. The smallest absolute Gasteiger partial charge is 0.239 e. The van der Waals surface area contributed by atoms with Crippen LogP contribution in [-0.2, 0) is 11.3 Å². The summed E-state index contributed by atoms with van der Waals surface area (Å²) in [6.07, 6.45) is 2.31. The molecule has 1 atom stereocenters. The van der Waals surface area contributed by atoms with Gasteiger partial charge in [0.05, 0.1) is 18.8 Å². The molecule has 0 fully saturated rings. The zero-order valence-corrected chi connectivity index (χ0v) is 10.1. The topological polar surface area (TPSA) is 59.5 Å². The van der Waals surface area contributed by atoms with Gasteiger partial charge < -0.3 is 15.1 Å². The summed E-state index contributed by atoms with van der Waals surface area (Å²) in [7, 11) is 1.74. The van der Waals surface area contributed by atoms with Crippen molar-refractivity contribution in [3.8, 4) is 0 Å². The van der Waals surface area contributed by atoms with Crippen LogP contribution in [0.1, 0.15) is 26.0 Å². The van der Waals surface area contributed by atoms with Gasteiger partial charge >= 0.3 is 0 Å². The third-order valence-electron chi connectivity index (χ3n) is 2.39. The van der Waals surface area contributed by atoms with Crippen molar-refractivity contribution in [2.45, 2.75) is 32.9 Å². The summed E-state index contributed by atoms with van der Waals surface area (Å²) in [6, 6.07) is 3.24. The second kappa shape index (κ2) is 5.70. The van der Waals surface area contributed by atoms with E-state index < -0.39 is 6.04 Å². The van der Waals surface area contributed by atoms with E-state index >= 15 is 0 Å². The third-order valence-corrected chi connectivity index (χ3v) is 2.39. The Hall–Kier alpha value is -1.29. The van der Waals surface area contributed by atoms with E-state index in [0.717, 1.165) is 5.76 Å². The number of likely N-dealkylation sites (N-methyl/N-ethyl adjacent to an activating group) is 1. The molecular weight excluding hydrogens is 204 g/mol. The van der Waals surface area contributed by atoms with E-state index in [9.17, 15) is 4.79 Å². The number of rotatable bonds is 5. The average Bonchev–Trinajstić information content (AvgIpc) is 2.68. The van der Waals surface area contributed by atoms with Gasteiger partial charge in [0.15, 0.2) is 0 Å². The first-order chi connectivity index (χ1) is 7.50. The summed E-state index contributed by atoms with van der Waals surface area (Å²) in [6.45, 7) is 4.58. The van der Waals surface area contributed by atoms with Gasteiger partial charge in [0.25, 0.3) is 0 Å². The van der Waals surface area contributed by atoms with Crippen molar-refractivity contribution in [2.75, 3.05) is 7.05 Å². The lowest BCUT2D eigenvalue weighted by atomic mass is 10.0. The van der Waals surface area contributed by atoms with Gasteiger partial charge in [0.1, 0.15) is 5.76 Å². The summed E-state index contributed by atoms with van der Waals surface area (Å²) >= 11 is 0. The van der Waals surface area contributed by atoms with Crippen molar-refractivity contribution in [1.82, 2.24) is 4.90 Å². The number of carbonyl (C=O) groups is 1. The molecule has 1 amide bonds. The molecule has 1 aromatic heterocycles. The molecule has 2 N–H and O–H groups in total. The highest BCUT2D eigenvalue weighted by Crippen LogP contribution is 2.08. The second-order valence-electron chi connectivity index (χ2n) is 4.51. The van der Waals surface area contributed by atoms with Crippen LogP contribution in [-0.4, -0.2) is 23.9 Å². The van der Waals surface area contributed by atoms with Gasteiger partial charge in [-0.15, -0.1) is 0 Å². The molecule has 1 rings (SSSR count). The molecule has 0 saturated carbocycles. The zero-order valence-electron chi connectivity index (χ0n) is 10.1. The van der Waals surface area contributed by atoms with Crippen LogP contribution in [0.4, 0.5) is 0 Å². The molecule has 0 unspecified atom stereocenters. The molecule has 0 radical (unpaired) electrons. The fourth-order valence-corrected chi connectivity index (χ4v) is 1.61. The molecule has 90 valence electrons. The second-order valence-corrected chi connectivity index (χ2v) is 4.51. The maximum atomic E-state index is 11.9. The summed E-state index contributed by atoms with van der Waals surface area (Å²) < 4.78 is 5.18. The van der Waals surface area contributed by atoms with Crippen molar-refractivity contribution in [3.63, 3.8) is 0 Å². The van der Waals surface area contributed by atoms with Gasteiger partial charge in [-0.2, -0.15) is 0 Å². The van der Waals surface area contributed by atoms with E-state index in [2.05, 4.69) is 13.8 Å². The van der Waals surface area contributed by atoms with E-state index in [1.54, 1.807) is 18.2 Å². The fourth-order valence-electron chi connectivity index (χ4n) is 1.61. The van der Waals surface area contributed by atoms with E-state index in [1.165, 1.54) is 0 Å². The quantitative estimate of drug-likeness (QED) is 0.826. The largest absolute Gasteiger partial charge is 0.467 e. The molecule has 16 heavy (non-hydrogen) atoms. The average molecular weight is 224 g/mol. The monoisotopic (exact) mass is 224 g/mol. The summed E-state index contributed by atoms with van der Waals surface area (Å²) in [4.78, 5) is 13.5. The number of furan rings is 1. The maximum Gasteiger partial charge on any atom is 0.239 e. The van der Waals surface area contributed by atoms with Crippen LogP contribution in [0.15, 0.2) is 22.8 Å². The van der Waals surface area contributed by atoms with Crippen molar-refractivity contribution >= 4 is 5.91 Å². The molecule has 4 nitrogen and oxygen atoms in total. The lowest BCUT2D eigenvalue weighted by Crippen LogP contribution is -2.42. The van der Waals surface area contributed by atoms with E-state index in [1.807, 2.05) is 12.1 Å². The minimum Gasteiger partial charge on any atom is -0.467 e. The molecule has 0 aliphatic carbocycles. The minimum absolute atomic E-state index is 0.0369. The predicted molar refractivity (Wildman–Crippen MR) is 62.6 cm³/mol. The first-order valence-corrected chi connectivity index (χ1v) is 5.53. The molecule has 4 heteroatoms. The summed E-state index contributed by atoms with van der Waals surface area (Å²) in [5.41, 5.74) is 5.83. The maximum absolute atomic E-state index is 11.9. The van der Waals surface area contributed by atoms with Crippen molar-refractivity contribution in [1.29, 1.82) is 0 Å². The zero-order chi connectivity index (χ0) is 12.1. The standard InChI is InChI=1S/C12H20N2O2/c1-9(2)7-11(13)12(15)14(3)8-10-5-4-6-16-10/h4-6,9,11H,7-8,13H2,1-3H3/t11-/m0/s1. The van der Waals surface area contributed by atoms with Gasteiger partial charge in [0, 0.05) is 7.05 Å². The molecular formula is C12H20N2O2. The Morgan fingerprint density at radius 3 is 2.75 bits per heavy atom. The van der Waals surface area contributed by atoms with Crippen LogP contribution >= 0.6 is 0 Å². The number of hydrogen-bond donors (Lipinski definition) is 1. The first kappa shape index (κ1) is 12.8. The van der Waals surface area contributed by atoms with Crippen molar-refractivity contribution < 1.29 is 9.21 Å². The highest BCUT2D eigenvalue weighted by molar-refractivity contribution is 5.81. The van der Waals surface area contributed by atoms with Crippen LogP contribution in [0.2, 0.25) is 0 Å². The van der Waals surface area contributed by atoms with Crippen LogP contribution in [0, 0.1) is 5.92 Å². The van der Waals surface area contributed by atoms with E-state index in [-0.39, 0.29) is 5.91 Å². The fraction of sp³-hybridized carbons (Fsp3) is 0.583. The van der Waals surface area contributed by atoms with Gasteiger partial charge in [-0.25, -0.2) is 0 Å². The first-order valence-electron chi connectivity index (χ1n) is 5.53. The Morgan fingerprint density at radius 2 is 2.25 bits per heavy atom. The lowest BCUT2D eigenvalue weighted by Gasteiger charge is -2.21. The van der Waals surface area contributed by atoms with Crippen molar-refractivity contribution in [3.05, 3.63) is 24.2 Å². The molecule has 0 saturated heterocycles. The summed E-state index contributed by atoms with van der Waals surface area (Å²) in [5.74, 6) is 1.16. The SMILES string of the molecule is CC(C)C[C@H](N)C(=O)N(C)Cc1ccco1. The van der Waals surface area contributed by atoms with E-state index in [4.69, 9.17) is 10.2 Å². The number of hydrogen-bond acceptors (Lipinski definition) is 3. The third kappa shape index (κ3) is 3.70. The Labute approximate surface area is 96.4 Å². The normalized spacial score (nSPS) is 12.8. The molecule has 1 aromatic rings. The van der Waals surface area contributed by atoms with Gasteiger partial charge in [0.2, 0.25) is 5.91 Å². The van der Waals surface area contributed by atoms with Crippen LogP contribution in [0.3, 0.4) is 0 Å². The number of amides is 1. The van der Waals surface area contributed by atoms with Gasteiger partial charge in [-0.1, -0.05) is 13.8 Å². The Bertz CT molecular complexity index is 320. The number of nitrogens with two attached hydrogens (primary N) is 1. The molecule has 0 aliphatic rings. The molecule has 1 heterocycles. The molecule has 0 bridgehead atoms. The molecule has 0 aromatic carbocycles. The van der Waals surface area contributed by atoms with Crippen LogP contribution < -0.4 is 5.73 Å². The van der Waals surface area contributed by atoms with E-state index in [0.29, 0.717) is 18.9 Å². The van der Waals surface area contributed by atoms with Crippen LogP contribution in [0.25, 0.3) is 0 Å². The van der Waals surface area contributed by atoms with Crippen molar-refractivity contribution in [2.24, 2.45) is 11.7 Å². The number of nitrogens with zero attached hydrogens (tertiary/aromatic N) is 1. The molecule has 0 spiro atoms. The Morgan fingerprint density at radius 1 is 1.56 bits per heavy atom. The van der Waals surface area contributed by atoms with Crippen LogP contribution in [0.5, 0.6) is 0 Å². The number of carbonyl (C=O) groups excluding carboxylic acids is 1. The lowest BCUT2D eigenvalue weighted by molar-refractivity contribution is -0.132. The van der Waals surface area contributed by atoms with Gasteiger partial charge in [-0.05, 0) is 24.5 Å². The molecule has 0 aliphatic heterocycles. The minimum atomic E-state index is -0.417. The summed E-state index contributed by atoms with van der Waals surface area (Å²) in [5, 5.41) is 0.